The number of carbonyl (C=O) groups is 2. The second-order valence-electron chi connectivity index (χ2n) is 13.8. The van der Waals surface area contributed by atoms with Crippen molar-refractivity contribution in [2.45, 2.75) is 149 Å². The minimum atomic E-state index is -0.928. The van der Waals surface area contributed by atoms with Crippen molar-refractivity contribution in [1.82, 2.24) is 9.80 Å². The standard InChI is InChI=1S/C26H53NO6.C15H31NO6/c1-4-7-8-9-10-11-12-13-14-15-18-32-23-25(33-22-24(29)21-28)20-27(26(30)5-2)17-16-19-31-6-3;1-4-15(19)16(7-6-8-20-3)9-14(12-21-5-2)22-11-13(18)10-17/h24-25,28-29H,4-23H2,1-3H3;13-14,17-18H,4-12H2,1-3H3. The van der Waals surface area contributed by atoms with Gasteiger partial charge in [-0.25, -0.2) is 0 Å². The van der Waals surface area contributed by atoms with E-state index < -0.39 is 12.2 Å². The van der Waals surface area contributed by atoms with Gasteiger partial charge in [0.15, 0.2) is 0 Å². The molecular weight excluding hydrogens is 712 g/mol. The summed E-state index contributed by atoms with van der Waals surface area (Å²) in [6.45, 7) is 14.9. The van der Waals surface area contributed by atoms with Crippen molar-refractivity contribution in [3.63, 3.8) is 0 Å². The zero-order valence-electron chi connectivity index (χ0n) is 35.8. The number of methoxy groups -OCH3 is 1. The van der Waals surface area contributed by atoms with Crippen LogP contribution in [0.25, 0.3) is 0 Å². The first kappa shape index (κ1) is 55.6. The molecule has 4 atom stereocenters. The summed E-state index contributed by atoms with van der Waals surface area (Å²) in [5.74, 6) is 0.112. The lowest BCUT2D eigenvalue weighted by molar-refractivity contribution is -0.135. The zero-order chi connectivity index (χ0) is 41.4. The third-order valence-corrected chi connectivity index (χ3v) is 8.78. The largest absolute Gasteiger partial charge is 0.394 e. The van der Waals surface area contributed by atoms with Crippen molar-refractivity contribution in [2.24, 2.45) is 0 Å². The van der Waals surface area contributed by atoms with Crippen LogP contribution in [0.15, 0.2) is 0 Å². The first-order valence-electron chi connectivity index (χ1n) is 21.3. The second-order valence-corrected chi connectivity index (χ2v) is 13.8. The van der Waals surface area contributed by atoms with Gasteiger partial charge in [-0.3, -0.25) is 9.59 Å². The Morgan fingerprint density at radius 1 is 0.527 bits per heavy atom. The van der Waals surface area contributed by atoms with Crippen LogP contribution in [-0.4, -0.2) is 172 Å². The van der Waals surface area contributed by atoms with Crippen LogP contribution in [0.5, 0.6) is 0 Å². The van der Waals surface area contributed by atoms with Gasteiger partial charge >= 0.3 is 0 Å². The lowest BCUT2D eigenvalue weighted by Gasteiger charge is -2.28. The summed E-state index contributed by atoms with van der Waals surface area (Å²) in [6, 6.07) is 0. The fourth-order valence-electron chi connectivity index (χ4n) is 5.54. The van der Waals surface area contributed by atoms with Gasteiger partial charge in [0.05, 0.1) is 51.8 Å². The number of hydrogen-bond donors (Lipinski definition) is 4. The highest BCUT2D eigenvalue weighted by Gasteiger charge is 2.21. The Bertz CT molecular complexity index is 828. The minimum Gasteiger partial charge on any atom is -0.394 e. The van der Waals surface area contributed by atoms with Gasteiger partial charge in [0.2, 0.25) is 11.8 Å². The number of unbranched alkanes of at least 4 members (excludes halogenated alkanes) is 9. The zero-order valence-corrected chi connectivity index (χ0v) is 35.8. The highest BCUT2D eigenvalue weighted by atomic mass is 16.5. The molecule has 4 unspecified atom stereocenters. The van der Waals surface area contributed by atoms with E-state index in [1.54, 1.807) is 16.9 Å². The predicted molar refractivity (Wildman–Crippen MR) is 216 cm³/mol. The average Bonchev–Trinajstić information content (AvgIpc) is 3.20. The molecule has 0 aromatic heterocycles. The third kappa shape index (κ3) is 35.4. The molecule has 0 saturated carbocycles. The Labute approximate surface area is 334 Å². The first-order valence-corrected chi connectivity index (χ1v) is 21.3. The molecule has 0 saturated heterocycles. The highest BCUT2D eigenvalue weighted by Crippen LogP contribution is 2.11. The van der Waals surface area contributed by atoms with Gasteiger partial charge in [-0.1, -0.05) is 78.6 Å². The van der Waals surface area contributed by atoms with E-state index in [0.717, 1.165) is 19.3 Å². The second kappa shape index (κ2) is 42.2. The smallest absolute Gasteiger partial charge is 0.222 e. The summed E-state index contributed by atoms with van der Waals surface area (Å²) < 4.78 is 33.0. The molecule has 0 aliphatic heterocycles. The van der Waals surface area contributed by atoms with E-state index in [0.29, 0.717) is 85.3 Å². The quantitative estimate of drug-likeness (QED) is 0.0648. The Balaban J connectivity index is 0. The number of ether oxygens (including phenoxy) is 6. The molecule has 55 heavy (non-hydrogen) atoms. The van der Waals surface area contributed by atoms with Gasteiger partial charge in [-0.05, 0) is 33.1 Å². The SMILES string of the molecule is CCCCCCCCCCCCOCC(CN(CCCOCC)C(=O)CC)OCC(O)CO.CCOCC(CN(CCCOC)C(=O)CC)OCC(O)CO. The number of hydrogen-bond acceptors (Lipinski definition) is 12. The molecule has 14 heteroatoms. The summed E-state index contributed by atoms with van der Waals surface area (Å²) in [4.78, 5) is 27.9. The number of amides is 2. The number of aliphatic hydroxyl groups is 4. The van der Waals surface area contributed by atoms with E-state index in [9.17, 15) is 19.8 Å². The fraction of sp³-hybridized carbons (Fsp3) is 0.951. The fourth-order valence-corrected chi connectivity index (χ4v) is 5.54. The van der Waals surface area contributed by atoms with Crippen molar-refractivity contribution < 1.29 is 58.4 Å². The van der Waals surface area contributed by atoms with Gasteiger partial charge < -0.3 is 58.6 Å². The molecule has 0 bridgehead atoms. The van der Waals surface area contributed by atoms with Crippen molar-refractivity contribution in [2.75, 3.05) is 106 Å². The lowest BCUT2D eigenvalue weighted by Crippen LogP contribution is -2.42. The average molecular weight is 797 g/mol. The maximum atomic E-state index is 12.4. The van der Waals surface area contributed by atoms with Crippen LogP contribution < -0.4 is 0 Å². The Hall–Kier alpha value is -1.46. The third-order valence-electron chi connectivity index (χ3n) is 8.78. The van der Waals surface area contributed by atoms with E-state index in [-0.39, 0.29) is 50.4 Å². The molecule has 0 spiro atoms. The summed E-state index contributed by atoms with van der Waals surface area (Å²) >= 11 is 0. The molecule has 0 aliphatic carbocycles. The number of rotatable bonds is 39. The van der Waals surface area contributed by atoms with Crippen molar-refractivity contribution in [3.8, 4) is 0 Å². The van der Waals surface area contributed by atoms with Crippen LogP contribution in [-0.2, 0) is 38.0 Å². The predicted octanol–water partition coefficient (Wildman–Crippen LogP) is 4.36. The van der Waals surface area contributed by atoms with Gasteiger partial charge in [-0.15, -0.1) is 0 Å². The summed E-state index contributed by atoms with van der Waals surface area (Å²) in [6.07, 6.45) is 12.7. The van der Waals surface area contributed by atoms with Gasteiger partial charge in [0.1, 0.15) is 12.2 Å². The molecule has 0 radical (unpaired) electrons. The van der Waals surface area contributed by atoms with Crippen LogP contribution in [0, 0.1) is 0 Å². The molecule has 0 heterocycles. The van der Waals surface area contributed by atoms with E-state index in [4.69, 9.17) is 38.6 Å². The first-order chi connectivity index (χ1) is 26.7. The number of aliphatic hydroxyl groups excluding tert-OH is 4. The molecule has 0 rings (SSSR count). The monoisotopic (exact) mass is 797 g/mol. The van der Waals surface area contributed by atoms with Gasteiger partial charge in [0, 0.05) is 79.2 Å². The molecule has 0 fully saturated rings. The normalized spacial score (nSPS) is 13.5. The van der Waals surface area contributed by atoms with Crippen molar-refractivity contribution in [1.29, 1.82) is 0 Å². The molecule has 14 nitrogen and oxygen atoms in total. The van der Waals surface area contributed by atoms with E-state index in [2.05, 4.69) is 6.92 Å². The van der Waals surface area contributed by atoms with Crippen molar-refractivity contribution in [3.05, 3.63) is 0 Å². The lowest BCUT2D eigenvalue weighted by atomic mass is 10.1. The maximum absolute atomic E-state index is 12.4. The summed E-state index contributed by atoms with van der Waals surface area (Å²) in [5.41, 5.74) is 0. The minimum absolute atomic E-state index is 0.0144. The van der Waals surface area contributed by atoms with Crippen LogP contribution in [0.3, 0.4) is 0 Å². The molecule has 4 N–H and O–H groups in total. The van der Waals surface area contributed by atoms with Crippen molar-refractivity contribution >= 4 is 11.8 Å². The molecule has 330 valence electrons. The van der Waals surface area contributed by atoms with Crippen LogP contribution in [0.4, 0.5) is 0 Å². The Kier molecular flexibility index (Phi) is 42.6. The molecule has 0 aromatic carbocycles. The van der Waals surface area contributed by atoms with Gasteiger partial charge in [-0.2, -0.15) is 0 Å². The molecule has 0 aliphatic rings. The van der Waals surface area contributed by atoms with Crippen LogP contribution in [0.2, 0.25) is 0 Å². The number of nitrogens with zero attached hydrogens (tertiary/aromatic N) is 2. The van der Waals surface area contributed by atoms with Crippen LogP contribution in [0.1, 0.15) is 125 Å². The van der Waals surface area contributed by atoms with Gasteiger partial charge in [0.25, 0.3) is 0 Å². The Morgan fingerprint density at radius 3 is 1.36 bits per heavy atom. The van der Waals surface area contributed by atoms with Crippen LogP contribution >= 0.6 is 0 Å². The molecular formula is C41H84N2O12. The highest BCUT2D eigenvalue weighted by molar-refractivity contribution is 5.76. The van der Waals surface area contributed by atoms with E-state index in [1.165, 1.54) is 57.8 Å². The van der Waals surface area contributed by atoms with E-state index >= 15 is 0 Å². The molecule has 0 aromatic rings. The number of carbonyl (C=O) groups excluding carboxylic acids is 2. The summed E-state index contributed by atoms with van der Waals surface area (Å²) in [5, 5.41) is 36.9. The maximum Gasteiger partial charge on any atom is 0.222 e. The summed E-state index contributed by atoms with van der Waals surface area (Å²) in [7, 11) is 1.63. The van der Waals surface area contributed by atoms with E-state index in [1.807, 2.05) is 27.7 Å². The topological polar surface area (TPSA) is 177 Å². The molecule has 2 amide bonds. The Morgan fingerprint density at radius 2 is 0.945 bits per heavy atom.